The van der Waals surface area contributed by atoms with Crippen LogP contribution in [-0.2, 0) is 4.79 Å². The molecule has 4 amide bonds. The smallest absolute Gasteiger partial charge is 0.324 e. The van der Waals surface area contributed by atoms with Crippen molar-refractivity contribution in [1.29, 1.82) is 0 Å². The molecule has 8 nitrogen and oxygen atoms in total. The highest BCUT2D eigenvalue weighted by molar-refractivity contribution is 6.07. The van der Waals surface area contributed by atoms with Crippen LogP contribution >= 0.6 is 0 Å². The van der Waals surface area contributed by atoms with E-state index in [9.17, 15) is 19.5 Å². The van der Waals surface area contributed by atoms with E-state index in [2.05, 4.69) is 5.32 Å². The Hall–Kier alpha value is -2.77. The fourth-order valence-electron chi connectivity index (χ4n) is 3.17. The van der Waals surface area contributed by atoms with Crippen molar-refractivity contribution in [3.63, 3.8) is 0 Å². The Morgan fingerprint density at radius 3 is 2.50 bits per heavy atom. The normalized spacial score (nSPS) is 19.6. The van der Waals surface area contributed by atoms with Crippen molar-refractivity contribution in [3.05, 3.63) is 23.8 Å². The van der Waals surface area contributed by atoms with Gasteiger partial charge in [0, 0.05) is 20.1 Å². The van der Waals surface area contributed by atoms with E-state index in [0.717, 1.165) is 4.90 Å². The summed E-state index contributed by atoms with van der Waals surface area (Å²) >= 11 is 0. The second kappa shape index (κ2) is 5.70. The Kier molecular flexibility index (Phi) is 3.82. The molecule has 0 saturated carbocycles. The number of urea groups is 1. The van der Waals surface area contributed by atoms with Crippen LogP contribution in [0.2, 0.25) is 0 Å². The monoisotopic (exact) mass is 333 g/mol. The summed E-state index contributed by atoms with van der Waals surface area (Å²) < 4.78 is 5.08. The number of phenolic OH excluding ortho intramolecular Hbond substituents is 1. The van der Waals surface area contributed by atoms with Crippen LogP contribution in [0.25, 0.3) is 0 Å². The van der Waals surface area contributed by atoms with E-state index in [0.29, 0.717) is 31.7 Å². The first-order valence-electron chi connectivity index (χ1n) is 7.64. The molecule has 2 aliphatic heterocycles. The number of rotatable bonds is 2. The molecule has 8 heteroatoms. The highest BCUT2D eigenvalue weighted by Gasteiger charge is 2.51. The third kappa shape index (κ3) is 2.44. The largest absolute Gasteiger partial charge is 0.507 e. The van der Waals surface area contributed by atoms with Crippen LogP contribution in [0, 0.1) is 0 Å². The molecule has 0 bridgehead atoms. The summed E-state index contributed by atoms with van der Waals surface area (Å²) in [5.74, 6) is -0.231. The minimum Gasteiger partial charge on any atom is -0.507 e. The molecule has 0 aromatic heterocycles. The van der Waals surface area contributed by atoms with Gasteiger partial charge in [0.15, 0.2) is 0 Å². The van der Waals surface area contributed by atoms with Crippen molar-refractivity contribution in [1.82, 2.24) is 15.1 Å². The first-order valence-corrected chi connectivity index (χ1v) is 7.64. The number of hydrogen-bond acceptors (Lipinski definition) is 5. The first-order chi connectivity index (χ1) is 11.4. The molecule has 2 fully saturated rings. The van der Waals surface area contributed by atoms with E-state index in [1.165, 1.54) is 26.3 Å². The molecule has 1 aromatic carbocycles. The lowest BCUT2D eigenvalue weighted by Gasteiger charge is -2.37. The first kappa shape index (κ1) is 16.1. The predicted octanol–water partition coefficient (Wildman–Crippen LogP) is 0.557. The Labute approximate surface area is 139 Å². The molecule has 128 valence electrons. The molecule has 0 atom stereocenters. The van der Waals surface area contributed by atoms with Gasteiger partial charge in [-0.3, -0.25) is 14.5 Å². The van der Waals surface area contributed by atoms with Gasteiger partial charge in [-0.25, -0.2) is 4.79 Å². The summed E-state index contributed by atoms with van der Waals surface area (Å²) in [4.78, 5) is 39.2. The zero-order valence-corrected chi connectivity index (χ0v) is 13.5. The number of amides is 4. The molecule has 0 unspecified atom stereocenters. The molecular weight excluding hydrogens is 314 g/mol. The number of piperidine rings is 1. The maximum Gasteiger partial charge on any atom is 0.324 e. The Balaban J connectivity index is 1.74. The van der Waals surface area contributed by atoms with Crippen molar-refractivity contribution in [3.8, 4) is 11.5 Å². The summed E-state index contributed by atoms with van der Waals surface area (Å²) in [6.07, 6.45) is 0.691. The Bertz CT molecular complexity index is 710. The van der Waals surface area contributed by atoms with Crippen molar-refractivity contribution in [2.24, 2.45) is 0 Å². The predicted molar refractivity (Wildman–Crippen MR) is 83.8 cm³/mol. The van der Waals surface area contributed by atoms with E-state index in [4.69, 9.17) is 4.74 Å². The number of benzene rings is 1. The van der Waals surface area contributed by atoms with E-state index < -0.39 is 11.6 Å². The van der Waals surface area contributed by atoms with Crippen molar-refractivity contribution in [2.45, 2.75) is 18.4 Å². The zero-order valence-electron chi connectivity index (χ0n) is 13.5. The standard InChI is InChI=1S/C16H19N3O5/c1-18-14(22)16(17-15(18)23)5-7-19(8-6-16)13(21)11-9-10(24-2)3-4-12(11)20/h3-4,9,20H,5-8H2,1-2H3,(H,17,23). The fraction of sp³-hybridized carbons (Fsp3) is 0.438. The molecule has 2 saturated heterocycles. The average Bonchev–Trinajstić information content (AvgIpc) is 2.79. The van der Waals surface area contributed by atoms with E-state index in [-0.39, 0.29) is 23.1 Å². The summed E-state index contributed by atoms with van der Waals surface area (Å²) in [7, 11) is 2.93. The van der Waals surface area contributed by atoms with Crippen LogP contribution in [0.1, 0.15) is 23.2 Å². The minimum absolute atomic E-state index is 0.119. The van der Waals surface area contributed by atoms with Crippen molar-refractivity contribution >= 4 is 17.8 Å². The van der Waals surface area contributed by atoms with Gasteiger partial charge in [0.05, 0.1) is 12.7 Å². The van der Waals surface area contributed by atoms with Gasteiger partial charge in [-0.1, -0.05) is 0 Å². The number of imide groups is 1. The third-order valence-corrected chi connectivity index (χ3v) is 4.70. The van der Waals surface area contributed by atoms with Crippen LogP contribution in [0.15, 0.2) is 18.2 Å². The summed E-state index contributed by atoms with van der Waals surface area (Å²) in [6, 6.07) is 4.05. The van der Waals surface area contributed by atoms with E-state index in [1.807, 2.05) is 0 Å². The number of likely N-dealkylation sites (N-methyl/N-ethyl adjacent to an activating group) is 1. The maximum atomic E-state index is 12.6. The maximum absolute atomic E-state index is 12.6. The molecular formula is C16H19N3O5. The molecule has 2 aliphatic rings. The Morgan fingerprint density at radius 2 is 1.96 bits per heavy atom. The van der Waals surface area contributed by atoms with Crippen LogP contribution in [0.3, 0.4) is 0 Å². The van der Waals surface area contributed by atoms with Crippen LogP contribution < -0.4 is 10.1 Å². The zero-order chi connectivity index (χ0) is 17.5. The minimum atomic E-state index is -0.918. The van der Waals surface area contributed by atoms with Gasteiger partial charge in [0.25, 0.3) is 11.8 Å². The highest BCUT2D eigenvalue weighted by atomic mass is 16.5. The number of phenols is 1. The second-order valence-corrected chi connectivity index (χ2v) is 6.05. The average molecular weight is 333 g/mol. The van der Waals surface area contributed by atoms with Gasteiger partial charge in [-0.15, -0.1) is 0 Å². The number of carbonyl (C=O) groups is 3. The number of likely N-dealkylation sites (tertiary alicyclic amines) is 1. The number of hydrogen-bond donors (Lipinski definition) is 2. The number of nitrogens with one attached hydrogen (secondary N) is 1. The molecule has 0 aliphatic carbocycles. The SMILES string of the molecule is COc1ccc(O)c(C(=O)N2CCC3(CC2)NC(=O)N(C)C3=O)c1. The topological polar surface area (TPSA) is 99.2 Å². The lowest BCUT2D eigenvalue weighted by molar-refractivity contribution is -0.131. The summed E-state index contributed by atoms with van der Waals surface area (Å²) in [6.45, 7) is 0.630. The lowest BCUT2D eigenvalue weighted by Crippen LogP contribution is -2.55. The lowest BCUT2D eigenvalue weighted by atomic mass is 9.87. The van der Waals surface area contributed by atoms with Crippen LogP contribution in [-0.4, -0.2) is 65.5 Å². The number of aromatic hydroxyl groups is 1. The quantitative estimate of drug-likeness (QED) is 0.771. The van der Waals surface area contributed by atoms with Gasteiger partial charge >= 0.3 is 6.03 Å². The molecule has 1 aromatic rings. The van der Waals surface area contributed by atoms with Gasteiger partial charge in [-0.2, -0.15) is 0 Å². The number of ether oxygens (including phenoxy) is 1. The molecule has 3 rings (SSSR count). The van der Waals surface area contributed by atoms with Gasteiger partial charge in [0.2, 0.25) is 0 Å². The van der Waals surface area contributed by atoms with Crippen molar-refractivity contribution < 1.29 is 24.2 Å². The Morgan fingerprint density at radius 1 is 1.29 bits per heavy atom. The van der Waals surface area contributed by atoms with E-state index >= 15 is 0 Å². The summed E-state index contributed by atoms with van der Waals surface area (Å²) in [5, 5.41) is 12.7. The van der Waals surface area contributed by atoms with E-state index in [1.54, 1.807) is 11.0 Å². The van der Waals surface area contributed by atoms with Crippen LogP contribution in [0.4, 0.5) is 4.79 Å². The molecule has 2 heterocycles. The number of nitrogens with zero attached hydrogens (tertiary/aromatic N) is 2. The molecule has 24 heavy (non-hydrogen) atoms. The number of carbonyl (C=O) groups excluding carboxylic acids is 3. The third-order valence-electron chi connectivity index (χ3n) is 4.70. The second-order valence-electron chi connectivity index (χ2n) is 6.05. The van der Waals surface area contributed by atoms with Gasteiger partial charge < -0.3 is 20.1 Å². The number of methoxy groups -OCH3 is 1. The van der Waals surface area contributed by atoms with Gasteiger partial charge in [-0.05, 0) is 31.0 Å². The van der Waals surface area contributed by atoms with Gasteiger partial charge in [0.1, 0.15) is 17.0 Å². The molecule has 2 N–H and O–H groups in total. The fourth-order valence-corrected chi connectivity index (χ4v) is 3.17. The van der Waals surface area contributed by atoms with Crippen molar-refractivity contribution in [2.75, 3.05) is 27.2 Å². The molecule has 0 radical (unpaired) electrons. The molecule has 1 spiro atoms. The summed E-state index contributed by atoms with van der Waals surface area (Å²) in [5.41, 5.74) is -0.761. The highest BCUT2D eigenvalue weighted by Crippen LogP contribution is 2.31. The van der Waals surface area contributed by atoms with Crippen LogP contribution in [0.5, 0.6) is 11.5 Å².